The van der Waals surface area contributed by atoms with Crippen LogP contribution in [0.2, 0.25) is 0 Å². The highest BCUT2D eigenvalue weighted by Crippen LogP contribution is 2.15. The van der Waals surface area contributed by atoms with Crippen LogP contribution in [0.3, 0.4) is 0 Å². The Morgan fingerprint density at radius 2 is 1.93 bits per heavy atom. The molecule has 0 aliphatic rings. The second kappa shape index (κ2) is 7.40. The van der Waals surface area contributed by atoms with Gasteiger partial charge >= 0.3 is 5.63 Å². The van der Waals surface area contributed by atoms with E-state index < -0.39 is 11.5 Å². The first-order valence-electron chi connectivity index (χ1n) is 8.64. The van der Waals surface area contributed by atoms with Crippen LogP contribution in [0.15, 0.2) is 76.1 Å². The fourth-order valence-electron chi connectivity index (χ4n) is 2.82. The van der Waals surface area contributed by atoms with Gasteiger partial charge in [-0.05, 0) is 42.5 Å². The monoisotopic (exact) mass is 375 g/mol. The largest absolute Gasteiger partial charge is 0.497 e. The van der Waals surface area contributed by atoms with Gasteiger partial charge in [0.1, 0.15) is 16.9 Å². The fourth-order valence-corrected chi connectivity index (χ4v) is 2.82. The molecular formula is C21H17N3O4. The molecule has 0 atom stereocenters. The number of hydrogen-bond acceptors (Lipinski definition) is 5. The number of ether oxygens (including phenoxy) is 1. The summed E-state index contributed by atoms with van der Waals surface area (Å²) in [5, 5.41) is 7.83. The molecule has 0 fully saturated rings. The van der Waals surface area contributed by atoms with Crippen molar-refractivity contribution in [3.63, 3.8) is 0 Å². The molecule has 140 valence electrons. The lowest BCUT2D eigenvalue weighted by Gasteiger charge is -2.05. The predicted molar refractivity (Wildman–Crippen MR) is 104 cm³/mol. The molecule has 0 aliphatic heterocycles. The van der Waals surface area contributed by atoms with Gasteiger partial charge in [0.2, 0.25) is 0 Å². The normalized spacial score (nSPS) is 10.8. The van der Waals surface area contributed by atoms with E-state index in [0.717, 1.165) is 11.4 Å². The third-order valence-corrected chi connectivity index (χ3v) is 4.30. The molecule has 4 rings (SSSR count). The maximum Gasteiger partial charge on any atom is 0.349 e. The number of benzene rings is 2. The van der Waals surface area contributed by atoms with Crippen molar-refractivity contribution >= 4 is 16.9 Å². The number of carbonyl (C=O) groups is 1. The van der Waals surface area contributed by atoms with Gasteiger partial charge in [0.05, 0.1) is 25.0 Å². The van der Waals surface area contributed by atoms with Crippen LogP contribution < -0.4 is 15.7 Å². The summed E-state index contributed by atoms with van der Waals surface area (Å²) in [4.78, 5) is 24.5. The summed E-state index contributed by atoms with van der Waals surface area (Å²) in [6.45, 7) is 0.189. The van der Waals surface area contributed by atoms with Crippen LogP contribution >= 0.6 is 0 Å². The number of nitrogens with one attached hydrogen (secondary N) is 1. The van der Waals surface area contributed by atoms with Gasteiger partial charge in [0.25, 0.3) is 5.91 Å². The van der Waals surface area contributed by atoms with Gasteiger partial charge < -0.3 is 14.5 Å². The number of para-hydroxylation sites is 1. The van der Waals surface area contributed by atoms with Crippen molar-refractivity contribution in [1.29, 1.82) is 0 Å². The van der Waals surface area contributed by atoms with E-state index in [4.69, 9.17) is 9.15 Å². The number of hydrogen-bond donors (Lipinski definition) is 1. The lowest BCUT2D eigenvalue weighted by molar-refractivity contribution is 0.0947. The van der Waals surface area contributed by atoms with Crippen LogP contribution in [0, 0.1) is 0 Å². The molecule has 2 aromatic heterocycles. The van der Waals surface area contributed by atoms with Crippen LogP contribution in [-0.2, 0) is 6.54 Å². The quantitative estimate of drug-likeness (QED) is 0.542. The molecule has 0 spiro atoms. The van der Waals surface area contributed by atoms with E-state index in [-0.39, 0.29) is 12.1 Å². The fraction of sp³-hybridized carbons (Fsp3) is 0.0952. The Morgan fingerprint density at radius 3 is 2.71 bits per heavy atom. The van der Waals surface area contributed by atoms with E-state index in [1.165, 1.54) is 6.07 Å². The van der Waals surface area contributed by atoms with Gasteiger partial charge in [0.15, 0.2) is 0 Å². The molecule has 1 amide bonds. The number of nitrogens with zero attached hydrogens (tertiary/aromatic N) is 2. The van der Waals surface area contributed by atoms with Gasteiger partial charge in [0, 0.05) is 11.6 Å². The second-order valence-electron chi connectivity index (χ2n) is 6.12. The average Bonchev–Trinajstić information content (AvgIpc) is 3.20. The number of methoxy groups -OCH3 is 1. The predicted octanol–water partition coefficient (Wildman–Crippen LogP) is 2.92. The highest BCUT2D eigenvalue weighted by molar-refractivity contribution is 5.96. The van der Waals surface area contributed by atoms with Gasteiger partial charge in [-0.2, -0.15) is 5.10 Å². The topological polar surface area (TPSA) is 86.4 Å². The molecule has 1 N–H and O–H groups in total. The Morgan fingerprint density at radius 1 is 1.14 bits per heavy atom. The minimum Gasteiger partial charge on any atom is -0.497 e. The Labute approximate surface area is 160 Å². The van der Waals surface area contributed by atoms with E-state index in [2.05, 4.69) is 10.4 Å². The molecule has 0 radical (unpaired) electrons. The average molecular weight is 375 g/mol. The van der Waals surface area contributed by atoms with Gasteiger partial charge in [-0.25, -0.2) is 9.48 Å². The Bertz CT molecular complexity index is 1190. The number of aromatic nitrogens is 2. The summed E-state index contributed by atoms with van der Waals surface area (Å²) < 4.78 is 12.0. The highest BCUT2D eigenvalue weighted by atomic mass is 16.5. The number of amides is 1. The molecule has 0 bridgehead atoms. The van der Waals surface area contributed by atoms with Gasteiger partial charge in [-0.3, -0.25) is 4.79 Å². The van der Waals surface area contributed by atoms with E-state index in [1.54, 1.807) is 42.3 Å². The SMILES string of the molecule is COc1ccc(-n2ccc(CNC(=O)c3cc4ccccc4oc3=O)n2)cc1. The van der Waals surface area contributed by atoms with Crippen LogP contribution in [0.1, 0.15) is 16.1 Å². The Hall–Kier alpha value is -3.87. The second-order valence-corrected chi connectivity index (χ2v) is 6.12. The van der Waals surface area contributed by atoms with Crippen LogP contribution in [0.4, 0.5) is 0 Å². The van der Waals surface area contributed by atoms with Crippen molar-refractivity contribution < 1.29 is 13.9 Å². The van der Waals surface area contributed by atoms with E-state index >= 15 is 0 Å². The van der Waals surface area contributed by atoms with Crippen molar-refractivity contribution in [3.05, 3.63) is 88.5 Å². The number of fused-ring (bicyclic) bond motifs is 1. The smallest absolute Gasteiger partial charge is 0.349 e. The first-order valence-corrected chi connectivity index (χ1v) is 8.64. The minimum atomic E-state index is -0.667. The van der Waals surface area contributed by atoms with Crippen molar-refractivity contribution in [2.45, 2.75) is 6.54 Å². The van der Waals surface area contributed by atoms with Crippen molar-refractivity contribution in [1.82, 2.24) is 15.1 Å². The summed E-state index contributed by atoms with van der Waals surface area (Å²) in [5.41, 5.74) is 1.28. The molecule has 4 aromatic rings. The first kappa shape index (κ1) is 17.5. The molecule has 7 heteroatoms. The van der Waals surface area contributed by atoms with E-state index in [9.17, 15) is 9.59 Å². The summed E-state index contributed by atoms with van der Waals surface area (Å²) in [7, 11) is 1.61. The van der Waals surface area contributed by atoms with Crippen LogP contribution in [0.25, 0.3) is 16.7 Å². The standard InChI is InChI=1S/C21H17N3O4/c1-27-17-8-6-16(7-9-17)24-11-10-15(23-24)13-22-20(25)18-12-14-4-2-3-5-19(14)28-21(18)26/h2-12H,13H2,1H3,(H,22,25). The van der Waals surface area contributed by atoms with E-state index in [0.29, 0.717) is 16.7 Å². The summed E-state index contributed by atoms with van der Waals surface area (Å²) >= 11 is 0. The summed E-state index contributed by atoms with van der Waals surface area (Å²) in [6, 6.07) is 17.8. The lowest BCUT2D eigenvalue weighted by Crippen LogP contribution is -2.28. The third kappa shape index (κ3) is 3.50. The summed E-state index contributed by atoms with van der Waals surface area (Å²) in [6.07, 6.45) is 1.80. The molecule has 7 nitrogen and oxygen atoms in total. The van der Waals surface area contributed by atoms with Crippen LogP contribution in [-0.4, -0.2) is 22.8 Å². The van der Waals surface area contributed by atoms with Gasteiger partial charge in [-0.1, -0.05) is 18.2 Å². The molecule has 28 heavy (non-hydrogen) atoms. The van der Waals surface area contributed by atoms with Crippen LogP contribution in [0.5, 0.6) is 5.75 Å². The first-order chi connectivity index (χ1) is 13.6. The zero-order chi connectivity index (χ0) is 19.5. The van der Waals surface area contributed by atoms with Crippen molar-refractivity contribution in [2.24, 2.45) is 0 Å². The molecular weight excluding hydrogens is 358 g/mol. The molecule has 0 unspecified atom stereocenters. The zero-order valence-corrected chi connectivity index (χ0v) is 15.1. The van der Waals surface area contributed by atoms with Crippen molar-refractivity contribution in [3.8, 4) is 11.4 Å². The number of rotatable bonds is 5. The molecule has 0 saturated carbocycles. The maximum absolute atomic E-state index is 12.4. The Balaban J connectivity index is 1.47. The zero-order valence-electron chi connectivity index (χ0n) is 15.1. The molecule has 0 saturated heterocycles. The van der Waals surface area contributed by atoms with Gasteiger partial charge in [-0.15, -0.1) is 0 Å². The number of carbonyl (C=O) groups excluding carboxylic acids is 1. The maximum atomic E-state index is 12.4. The minimum absolute atomic E-state index is 0.0340. The molecule has 2 aromatic carbocycles. The Kier molecular flexibility index (Phi) is 4.63. The highest BCUT2D eigenvalue weighted by Gasteiger charge is 2.14. The van der Waals surface area contributed by atoms with E-state index in [1.807, 2.05) is 30.3 Å². The molecule has 2 heterocycles. The summed E-state index contributed by atoms with van der Waals surface area (Å²) in [5.74, 6) is 0.260. The molecule has 0 aliphatic carbocycles. The van der Waals surface area contributed by atoms with Crippen molar-refractivity contribution in [2.75, 3.05) is 7.11 Å². The third-order valence-electron chi connectivity index (χ3n) is 4.30. The lowest BCUT2D eigenvalue weighted by atomic mass is 10.2.